The molecule has 2 aromatic carbocycles. The van der Waals surface area contributed by atoms with Crippen LogP contribution in [0.5, 0.6) is 11.5 Å². The maximum Gasteiger partial charge on any atom is 0.225 e. The number of carbonyl (C=O) groups is 1. The Bertz CT molecular complexity index is 945. The van der Waals surface area contributed by atoms with E-state index < -0.39 is 0 Å². The summed E-state index contributed by atoms with van der Waals surface area (Å²) in [4.78, 5) is 13.6. The van der Waals surface area contributed by atoms with E-state index in [0.29, 0.717) is 13.0 Å². The molecule has 0 spiro atoms. The second-order valence-electron chi connectivity index (χ2n) is 6.42. The molecule has 1 aliphatic heterocycles. The molecule has 0 aliphatic carbocycles. The number of carbonyl (C=O) groups excluding carboxylic acids is 1. The van der Waals surface area contributed by atoms with Crippen LogP contribution in [0.1, 0.15) is 29.7 Å². The molecule has 5 heteroatoms. The zero-order valence-electron chi connectivity index (χ0n) is 15.3. The first-order chi connectivity index (χ1) is 13.2. The Labute approximate surface area is 162 Å². The van der Waals surface area contributed by atoms with Gasteiger partial charge >= 0.3 is 0 Å². The monoisotopic (exact) mass is 379 g/mol. The van der Waals surface area contributed by atoms with E-state index in [2.05, 4.69) is 22.8 Å². The van der Waals surface area contributed by atoms with Gasteiger partial charge < -0.3 is 14.8 Å². The number of benzene rings is 2. The van der Waals surface area contributed by atoms with Gasteiger partial charge in [-0.3, -0.25) is 4.79 Å². The van der Waals surface area contributed by atoms with Crippen LogP contribution >= 0.6 is 11.3 Å². The highest BCUT2D eigenvalue weighted by atomic mass is 32.1. The van der Waals surface area contributed by atoms with Crippen molar-refractivity contribution in [2.45, 2.75) is 19.3 Å². The highest BCUT2D eigenvalue weighted by molar-refractivity contribution is 7.11. The molecule has 3 aromatic rings. The van der Waals surface area contributed by atoms with Crippen LogP contribution in [0.15, 0.2) is 53.9 Å². The molecule has 138 valence electrons. The number of hydrogen-bond donors (Lipinski definition) is 1. The lowest BCUT2D eigenvalue weighted by molar-refractivity contribution is -0.116. The molecule has 1 N–H and O–H groups in total. The summed E-state index contributed by atoms with van der Waals surface area (Å²) < 4.78 is 10.8. The third-order valence-electron chi connectivity index (χ3n) is 4.78. The van der Waals surface area contributed by atoms with E-state index in [1.165, 1.54) is 4.88 Å². The summed E-state index contributed by atoms with van der Waals surface area (Å²) in [6.45, 7) is 2.61. The van der Waals surface area contributed by atoms with Crippen molar-refractivity contribution >= 4 is 22.9 Å². The van der Waals surface area contributed by atoms with Crippen molar-refractivity contribution in [3.05, 3.63) is 64.4 Å². The number of ether oxygens (including phenoxy) is 2. The second kappa shape index (κ2) is 7.45. The minimum Gasteiger partial charge on any atom is -0.497 e. The van der Waals surface area contributed by atoms with Gasteiger partial charge in [-0.2, -0.15) is 0 Å². The summed E-state index contributed by atoms with van der Waals surface area (Å²) in [5.41, 5.74) is 4.19. The maximum atomic E-state index is 12.4. The quantitative estimate of drug-likeness (QED) is 0.655. The van der Waals surface area contributed by atoms with Crippen LogP contribution in [0.25, 0.3) is 11.1 Å². The minimum absolute atomic E-state index is 0.0505. The van der Waals surface area contributed by atoms with Crippen LogP contribution in [0, 0.1) is 0 Å². The van der Waals surface area contributed by atoms with Crippen LogP contribution in [0.2, 0.25) is 0 Å². The number of methoxy groups -OCH3 is 1. The van der Waals surface area contributed by atoms with E-state index >= 15 is 0 Å². The smallest absolute Gasteiger partial charge is 0.225 e. The van der Waals surface area contributed by atoms with Crippen LogP contribution in [-0.4, -0.2) is 19.6 Å². The van der Waals surface area contributed by atoms with Gasteiger partial charge in [0.25, 0.3) is 0 Å². The first-order valence-corrected chi connectivity index (χ1v) is 9.86. The lowest BCUT2D eigenvalue weighted by Crippen LogP contribution is -2.22. The van der Waals surface area contributed by atoms with Crippen LogP contribution < -0.4 is 14.8 Å². The van der Waals surface area contributed by atoms with Crippen LogP contribution in [-0.2, 0) is 4.79 Å². The molecule has 1 aromatic heterocycles. The second-order valence-corrected chi connectivity index (χ2v) is 7.34. The van der Waals surface area contributed by atoms with Crippen LogP contribution in [0.3, 0.4) is 0 Å². The molecule has 0 fully saturated rings. The molecule has 0 bridgehead atoms. The average Bonchev–Trinajstić information content (AvgIpc) is 3.12. The molecular formula is C22H21NO3S. The van der Waals surface area contributed by atoms with Gasteiger partial charge in [0, 0.05) is 28.2 Å². The molecule has 4 rings (SSSR count). The summed E-state index contributed by atoms with van der Waals surface area (Å²) in [6, 6.07) is 16.0. The van der Waals surface area contributed by atoms with Gasteiger partial charge in [-0.1, -0.05) is 24.3 Å². The lowest BCUT2D eigenvalue weighted by atomic mass is 9.89. The fraction of sp³-hybridized carbons (Fsp3) is 0.227. The number of fused-ring (bicyclic) bond motifs is 1. The Kier molecular flexibility index (Phi) is 4.86. The van der Waals surface area contributed by atoms with Gasteiger partial charge in [-0.05, 0) is 42.3 Å². The number of thiophene rings is 1. The SMILES string of the molecule is CCOc1ccc(C2CC(=O)Nc3c(-c4ccc(OC)cc4)csc32)cc1. The van der Waals surface area contributed by atoms with Crippen molar-refractivity contribution in [2.24, 2.45) is 0 Å². The molecule has 1 atom stereocenters. The zero-order valence-corrected chi connectivity index (χ0v) is 16.1. The first-order valence-electron chi connectivity index (χ1n) is 8.98. The molecule has 0 saturated carbocycles. The van der Waals surface area contributed by atoms with Crippen molar-refractivity contribution in [3.8, 4) is 22.6 Å². The average molecular weight is 379 g/mol. The maximum absolute atomic E-state index is 12.4. The van der Waals surface area contributed by atoms with Crippen molar-refractivity contribution in [2.75, 3.05) is 19.0 Å². The number of amides is 1. The lowest BCUT2D eigenvalue weighted by Gasteiger charge is -2.24. The van der Waals surface area contributed by atoms with Crippen molar-refractivity contribution < 1.29 is 14.3 Å². The fourth-order valence-electron chi connectivity index (χ4n) is 3.44. The summed E-state index contributed by atoms with van der Waals surface area (Å²) in [7, 11) is 1.66. The Morgan fingerprint density at radius 1 is 1.07 bits per heavy atom. The van der Waals surface area contributed by atoms with Crippen molar-refractivity contribution in [1.29, 1.82) is 0 Å². The molecule has 1 amide bonds. The summed E-state index contributed by atoms with van der Waals surface area (Å²) in [5, 5.41) is 5.21. The third-order valence-corrected chi connectivity index (χ3v) is 5.88. The molecule has 0 radical (unpaired) electrons. The Hall–Kier alpha value is -2.79. The van der Waals surface area contributed by atoms with Gasteiger partial charge in [-0.15, -0.1) is 11.3 Å². The third kappa shape index (κ3) is 3.43. The van der Waals surface area contributed by atoms with E-state index in [1.54, 1.807) is 18.4 Å². The molecule has 2 heterocycles. The summed E-state index contributed by atoms with van der Waals surface area (Å²) in [5.74, 6) is 1.79. The Balaban J connectivity index is 1.70. The minimum atomic E-state index is 0.0505. The fourth-order valence-corrected chi connectivity index (χ4v) is 4.60. The number of hydrogen-bond acceptors (Lipinski definition) is 4. The number of rotatable bonds is 5. The predicted octanol–water partition coefficient (Wildman–Crippen LogP) is 5.30. The molecule has 1 unspecified atom stereocenters. The van der Waals surface area contributed by atoms with E-state index in [-0.39, 0.29) is 11.8 Å². The van der Waals surface area contributed by atoms with Crippen LogP contribution in [0.4, 0.5) is 5.69 Å². The molecule has 4 nitrogen and oxygen atoms in total. The van der Waals surface area contributed by atoms with Gasteiger partial charge in [0.15, 0.2) is 0 Å². The molecule has 1 aliphatic rings. The predicted molar refractivity (Wildman–Crippen MR) is 109 cm³/mol. The normalized spacial score (nSPS) is 15.8. The van der Waals surface area contributed by atoms with Crippen molar-refractivity contribution in [1.82, 2.24) is 0 Å². The van der Waals surface area contributed by atoms with Gasteiger partial charge in [-0.25, -0.2) is 0 Å². The zero-order chi connectivity index (χ0) is 18.8. The Morgan fingerprint density at radius 2 is 1.78 bits per heavy atom. The number of anilines is 1. The van der Waals surface area contributed by atoms with E-state index in [1.807, 2.05) is 43.3 Å². The summed E-state index contributed by atoms with van der Waals surface area (Å²) >= 11 is 1.70. The highest BCUT2D eigenvalue weighted by Crippen LogP contribution is 2.46. The largest absolute Gasteiger partial charge is 0.497 e. The first kappa shape index (κ1) is 17.6. The molecular weight excluding hydrogens is 358 g/mol. The topological polar surface area (TPSA) is 47.6 Å². The molecule has 27 heavy (non-hydrogen) atoms. The van der Waals surface area contributed by atoms with E-state index in [9.17, 15) is 4.79 Å². The summed E-state index contributed by atoms with van der Waals surface area (Å²) in [6.07, 6.45) is 0.462. The standard InChI is InChI=1S/C22H21NO3S/c1-3-26-17-10-6-14(7-11-17)18-12-20(24)23-21-19(13-27-22(18)21)15-4-8-16(25-2)9-5-15/h4-11,13,18H,3,12H2,1-2H3,(H,23,24). The number of nitrogens with one attached hydrogen (secondary N) is 1. The van der Waals surface area contributed by atoms with Gasteiger partial charge in [0.2, 0.25) is 5.91 Å². The molecule has 0 saturated heterocycles. The Morgan fingerprint density at radius 3 is 2.44 bits per heavy atom. The van der Waals surface area contributed by atoms with E-state index in [4.69, 9.17) is 9.47 Å². The van der Waals surface area contributed by atoms with Gasteiger partial charge in [0.05, 0.1) is 19.4 Å². The van der Waals surface area contributed by atoms with Gasteiger partial charge in [0.1, 0.15) is 11.5 Å². The highest BCUT2D eigenvalue weighted by Gasteiger charge is 2.30. The van der Waals surface area contributed by atoms with E-state index in [0.717, 1.165) is 33.9 Å². The van der Waals surface area contributed by atoms with Crippen molar-refractivity contribution in [3.63, 3.8) is 0 Å².